The van der Waals surface area contributed by atoms with Gasteiger partial charge in [-0.25, -0.2) is 0 Å². The molecule has 3 rings (SSSR count). The summed E-state index contributed by atoms with van der Waals surface area (Å²) in [5, 5.41) is 6.97. The van der Waals surface area contributed by atoms with Crippen LogP contribution < -0.4 is 15.4 Å². The molecule has 1 aromatic carbocycles. The second-order valence-corrected chi connectivity index (χ2v) is 5.54. The van der Waals surface area contributed by atoms with Gasteiger partial charge < -0.3 is 15.4 Å². The molecule has 1 fully saturated rings. The maximum atomic E-state index is 5.32. The third kappa shape index (κ3) is 2.42. The average Bonchev–Trinajstić information content (AvgIpc) is 2.47. The Balaban J connectivity index is 1.91. The van der Waals surface area contributed by atoms with Crippen molar-refractivity contribution in [3.63, 3.8) is 0 Å². The summed E-state index contributed by atoms with van der Waals surface area (Å²) >= 11 is 0. The second kappa shape index (κ2) is 5.39. The molecular formula is C15H23N3O. The van der Waals surface area contributed by atoms with Gasteiger partial charge in [-0.1, -0.05) is 13.0 Å². The van der Waals surface area contributed by atoms with Crippen molar-refractivity contribution < 1.29 is 4.74 Å². The minimum Gasteiger partial charge on any atom is -0.497 e. The molecule has 0 radical (unpaired) electrons. The van der Waals surface area contributed by atoms with Gasteiger partial charge in [0.25, 0.3) is 0 Å². The van der Waals surface area contributed by atoms with E-state index in [1.165, 1.54) is 11.3 Å². The van der Waals surface area contributed by atoms with Gasteiger partial charge in [-0.15, -0.1) is 0 Å². The standard InChI is InChI=1S/C15H23N3O/c1-11-10-17-14-9-12(19-2)3-4-13(14)15(11)18-7-5-16-6-8-18/h3-4,9,11,15-17H,5-8,10H2,1-2H3. The van der Waals surface area contributed by atoms with Gasteiger partial charge in [0, 0.05) is 50.5 Å². The first-order valence-corrected chi connectivity index (χ1v) is 7.16. The topological polar surface area (TPSA) is 36.5 Å². The van der Waals surface area contributed by atoms with Crippen LogP contribution in [-0.4, -0.2) is 44.7 Å². The van der Waals surface area contributed by atoms with Crippen LogP contribution in [0, 0.1) is 5.92 Å². The number of benzene rings is 1. The Labute approximate surface area is 115 Å². The van der Waals surface area contributed by atoms with Gasteiger partial charge in [-0.2, -0.15) is 0 Å². The van der Waals surface area contributed by atoms with Crippen LogP contribution in [0.1, 0.15) is 18.5 Å². The predicted octanol–water partition coefficient (Wildman–Crippen LogP) is 1.70. The van der Waals surface area contributed by atoms with Gasteiger partial charge in [-0.3, -0.25) is 4.90 Å². The Morgan fingerprint density at radius 1 is 1.26 bits per heavy atom. The number of methoxy groups -OCH3 is 1. The number of piperazine rings is 1. The lowest BCUT2D eigenvalue weighted by Gasteiger charge is -2.42. The van der Waals surface area contributed by atoms with Crippen LogP contribution in [0.2, 0.25) is 0 Å². The molecule has 2 N–H and O–H groups in total. The zero-order valence-electron chi connectivity index (χ0n) is 11.8. The lowest BCUT2D eigenvalue weighted by Crippen LogP contribution is -2.48. The normalized spacial score (nSPS) is 27.5. The van der Waals surface area contributed by atoms with Crippen molar-refractivity contribution in [2.75, 3.05) is 45.2 Å². The third-order valence-electron chi connectivity index (χ3n) is 4.28. The number of nitrogens with zero attached hydrogens (tertiary/aromatic N) is 1. The zero-order valence-corrected chi connectivity index (χ0v) is 11.8. The van der Waals surface area contributed by atoms with E-state index in [1.54, 1.807) is 7.11 Å². The summed E-state index contributed by atoms with van der Waals surface area (Å²) in [5.41, 5.74) is 2.66. The van der Waals surface area contributed by atoms with Crippen LogP contribution in [0.3, 0.4) is 0 Å². The largest absolute Gasteiger partial charge is 0.497 e. The fraction of sp³-hybridized carbons (Fsp3) is 0.600. The molecular weight excluding hydrogens is 238 g/mol. The summed E-state index contributed by atoms with van der Waals surface area (Å²) in [6, 6.07) is 6.96. The van der Waals surface area contributed by atoms with Gasteiger partial charge >= 0.3 is 0 Å². The van der Waals surface area contributed by atoms with Crippen LogP contribution in [0.15, 0.2) is 18.2 Å². The van der Waals surface area contributed by atoms with E-state index in [0.29, 0.717) is 12.0 Å². The maximum Gasteiger partial charge on any atom is 0.120 e. The zero-order chi connectivity index (χ0) is 13.2. The van der Waals surface area contributed by atoms with E-state index in [0.717, 1.165) is 38.5 Å². The molecule has 0 amide bonds. The van der Waals surface area contributed by atoms with Crippen molar-refractivity contribution in [1.29, 1.82) is 0 Å². The van der Waals surface area contributed by atoms with E-state index in [9.17, 15) is 0 Å². The fourth-order valence-corrected chi connectivity index (χ4v) is 3.28. The van der Waals surface area contributed by atoms with Gasteiger partial charge in [-0.05, 0) is 17.5 Å². The lowest BCUT2D eigenvalue weighted by molar-refractivity contribution is 0.132. The van der Waals surface area contributed by atoms with Crippen LogP contribution in [0.5, 0.6) is 5.75 Å². The number of anilines is 1. The molecule has 2 atom stereocenters. The first-order valence-electron chi connectivity index (χ1n) is 7.16. The molecule has 0 saturated carbocycles. The van der Waals surface area contributed by atoms with Gasteiger partial charge in [0.15, 0.2) is 0 Å². The summed E-state index contributed by atoms with van der Waals surface area (Å²) in [7, 11) is 1.72. The Morgan fingerprint density at radius 2 is 2.05 bits per heavy atom. The van der Waals surface area contributed by atoms with Crippen molar-refractivity contribution in [3.8, 4) is 5.75 Å². The molecule has 0 spiro atoms. The van der Waals surface area contributed by atoms with Crippen LogP contribution in [0.4, 0.5) is 5.69 Å². The molecule has 4 heteroatoms. The second-order valence-electron chi connectivity index (χ2n) is 5.54. The van der Waals surface area contributed by atoms with Gasteiger partial charge in [0.1, 0.15) is 5.75 Å². The predicted molar refractivity (Wildman–Crippen MR) is 77.8 cm³/mol. The van der Waals surface area contributed by atoms with Gasteiger partial charge in [0.05, 0.1) is 7.11 Å². The summed E-state index contributed by atoms with van der Waals surface area (Å²) in [6.45, 7) is 7.85. The molecule has 0 aliphatic carbocycles. The molecule has 1 aromatic rings. The monoisotopic (exact) mass is 261 g/mol. The molecule has 2 aliphatic heterocycles. The minimum absolute atomic E-state index is 0.532. The highest BCUT2D eigenvalue weighted by Gasteiger charge is 2.32. The summed E-state index contributed by atoms with van der Waals surface area (Å²) in [5.74, 6) is 1.57. The molecule has 0 aromatic heterocycles. The lowest BCUT2D eigenvalue weighted by atomic mass is 9.88. The number of hydrogen-bond acceptors (Lipinski definition) is 4. The van der Waals surface area contributed by atoms with Gasteiger partial charge in [0.2, 0.25) is 0 Å². The smallest absolute Gasteiger partial charge is 0.120 e. The molecule has 2 heterocycles. The van der Waals surface area contributed by atoms with E-state index in [1.807, 2.05) is 0 Å². The number of fused-ring (bicyclic) bond motifs is 1. The first kappa shape index (κ1) is 12.8. The molecule has 1 saturated heterocycles. The maximum absolute atomic E-state index is 5.32. The van der Waals surface area contributed by atoms with E-state index in [2.05, 4.69) is 40.7 Å². The van der Waals surface area contributed by atoms with Crippen LogP contribution in [-0.2, 0) is 0 Å². The highest BCUT2D eigenvalue weighted by molar-refractivity contribution is 5.58. The van der Waals surface area contributed by atoms with Crippen molar-refractivity contribution in [2.45, 2.75) is 13.0 Å². The van der Waals surface area contributed by atoms with E-state index >= 15 is 0 Å². The SMILES string of the molecule is COc1ccc2c(c1)NCC(C)C2N1CCNCC1. The molecule has 0 bridgehead atoms. The number of hydrogen-bond donors (Lipinski definition) is 2. The van der Waals surface area contributed by atoms with Crippen LogP contribution >= 0.6 is 0 Å². The third-order valence-corrected chi connectivity index (χ3v) is 4.28. The number of ether oxygens (including phenoxy) is 1. The quantitative estimate of drug-likeness (QED) is 0.849. The molecule has 104 valence electrons. The Bertz CT molecular complexity index is 443. The Hall–Kier alpha value is -1.26. The number of nitrogens with one attached hydrogen (secondary N) is 2. The first-order chi connectivity index (χ1) is 9.29. The molecule has 19 heavy (non-hydrogen) atoms. The molecule has 2 aliphatic rings. The highest BCUT2D eigenvalue weighted by Crippen LogP contribution is 2.39. The Kier molecular flexibility index (Phi) is 3.62. The molecule has 4 nitrogen and oxygen atoms in total. The van der Waals surface area contributed by atoms with E-state index in [-0.39, 0.29) is 0 Å². The summed E-state index contributed by atoms with van der Waals surface area (Å²) < 4.78 is 5.32. The summed E-state index contributed by atoms with van der Waals surface area (Å²) in [4.78, 5) is 2.62. The highest BCUT2D eigenvalue weighted by atomic mass is 16.5. The number of rotatable bonds is 2. The fourth-order valence-electron chi connectivity index (χ4n) is 3.28. The summed E-state index contributed by atoms with van der Waals surface area (Å²) in [6.07, 6.45) is 0. The van der Waals surface area contributed by atoms with E-state index in [4.69, 9.17) is 4.74 Å². The van der Waals surface area contributed by atoms with Crippen molar-refractivity contribution in [1.82, 2.24) is 10.2 Å². The van der Waals surface area contributed by atoms with E-state index < -0.39 is 0 Å². The average molecular weight is 261 g/mol. The molecule has 2 unspecified atom stereocenters. The minimum atomic E-state index is 0.532. The van der Waals surface area contributed by atoms with Crippen molar-refractivity contribution >= 4 is 5.69 Å². The van der Waals surface area contributed by atoms with Crippen molar-refractivity contribution in [3.05, 3.63) is 23.8 Å². The van der Waals surface area contributed by atoms with Crippen LogP contribution in [0.25, 0.3) is 0 Å². The Morgan fingerprint density at radius 3 is 2.79 bits per heavy atom. The van der Waals surface area contributed by atoms with Crippen molar-refractivity contribution in [2.24, 2.45) is 5.92 Å².